The number of nitrogens with two attached hydrogens (primary N) is 1. The van der Waals surface area contributed by atoms with Crippen LogP contribution in [-0.2, 0) is 12.0 Å². The highest BCUT2D eigenvalue weighted by molar-refractivity contribution is 5.76. The summed E-state index contributed by atoms with van der Waals surface area (Å²) in [5.74, 6) is 3.39. The molecule has 1 fully saturated rings. The van der Waals surface area contributed by atoms with Crippen molar-refractivity contribution in [3.63, 3.8) is 0 Å². The normalized spacial score (nSPS) is 14.5. The number of nitrogens with one attached hydrogen (secondary N) is 1. The van der Waals surface area contributed by atoms with E-state index in [0.717, 1.165) is 66.3 Å². The van der Waals surface area contributed by atoms with Crippen LogP contribution in [0.4, 0.5) is 17.7 Å². The summed E-state index contributed by atoms with van der Waals surface area (Å²) in [5, 5.41) is 0. The highest BCUT2D eigenvalue weighted by atomic mass is 16.5. The number of nitrogen functional groups attached to an aromatic ring is 1. The van der Waals surface area contributed by atoms with Crippen LogP contribution >= 0.6 is 0 Å². The number of rotatable bonds is 5. The van der Waals surface area contributed by atoms with Gasteiger partial charge in [-0.15, -0.1) is 0 Å². The van der Waals surface area contributed by atoms with E-state index in [1.54, 1.807) is 18.5 Å². The smallest absolute Gasteiger partial charge is 0.220 e. The first-order chi connectivity index (χ1) is 16.8. The Morgan fingerprint density at radius 2 is 1.74 bits per heavy atom. The Balaban J connectivity index is 1.29. The molecule has 0 atom stereocenters. The molecule has 0 amide bonds. The summed E-state index contributed by atoms with van der Waals surface area (Å²) in [4.78, 5) is 34.8. The second-order valence-electron chi connectivity index (χ2n) is 9.63. The molecule has 4 aromatic rings. The van der Waals surface area contributed by atoms with Gasteiger partial charge in [-0.05, 0) is 25.1 Å². The number of imidazole rings is 1. The van der Waals surface area contributed by atoms with E-state index in [4.69, 9.17) is 20.4 Å². The van der Waals surface area contributed by atoms with E-state index in [-0.39, 0.29) is 11.4 Å². The Morgan fingerprint density at radius 1 is 0.971 bits per heavy atom. The first-order valence-corrected chi connectivity index (χ1v) is 11.7. The van der Waals surface area contributed by atoms with Crippen molar-refractivity contribution in [1.82, 2.24) is 34.9 Å². The van der Waals surface area contributed by atoms with Crippen LogP contribution in [0.2, 0.25) is 0 Å². The van der Waals surface area contributed by atoms with E-state index in [2.05, 4.69) is 55.5 Å². The molecular weight excluding hydrogens is 444 g/mol. The second-order valence-corrected chi connectivity index (χ2v) is 9.63. The number of fused-ring (bicyclic) bond motifs is 1. The fraction of sp³-hybridized carbons (Fsp3) is 0.417. The average molecular weight is 475 g/mol. The third kappa shape index (κ3) is 4.79. The van der Waals surface area contributed by atoms with Gasteiger partial charge < -0.3 is 25.3 Å². The lowest BCUT2D eigenvalue weighted by molar-refractivity contribution is 0.300. The lowest BCUT2D eigenvalue weighted by Gasteiger charge is -2.35. The fourth-order valence-electron chi connectivity index (χ4n) is 4.02. The molecule has 0 radical (unpaired) electrons. The van der Waals surface area contributed by atoms with Crippen LogP contribution in [0.15, 0.2) is 30.6 Å². The summed E-state index contributed by atoms with van der Waals surface area (Å²) in [6, 6.07) is 5.58. The van der Waals surface area contributed by atoms with E-state index in [1.807, 2.05) is 19.1 Å². The molecule has 182 valence electrons. The molecule has 0 spiro atoms. The quantitative estimate of drug-likeness (QED) is 0.444. The molecule has 0 unspecified atom stereocenters. The Bertz CT molecular complexity index is 1340. The third-order valence-electron chi connectivity index (χ3n) is 5.91. The molecule has 0 aliphatic carbocycles. The van der Waals surface area contributed by atoms with Crippen molar-refractivity contribution in [3.8, 4) is 5.75 Å². The van der Waals surface area contributed by atoms with Crippen LogP contribution in [0.3, 0.4) is 0 Å². The van der Waals surface area contributed by atoms with Gasteiger partial charge >= 0.3 is 0 Å². The molecule has 1 aliphatic rings. The van der Waals surface area contributed by atoms with Crippen LogP contribution in [0.25, 0.3) is 11.2 Å². The van der Waals surface area contributed by atoms with E-state index in [1.165, 1.54) is 0 Å². The first kappa shape index (κ1) is 22.8. The largest absolute Gasteiger partial charge is 0.483 e. The minimum absolute atomic E-state index is 0.127. The number of pyridine rings is 1. The number of nitrogens with zero attached hydrogens (tertiary/aromatic N) is 8. The topological polar surface area (TPSA) is 135 Å². The molecule has 5 rings (SSSR count). The first-order valence-electron chi connectivity index (χ1n) is 11.7. The molecule has 4 aromatic heterocycles. The van der Waals surface area contributed by atoms with Gasteiger partial charge in [0.05, 0.1) is 11.4 Å². The van der Waals surface area contributed by atoms with Gasteiger partial charge in [0.25, 0.3) is 0 Å². The van der Waals surface area contributed by atoms with E-state index in [9.17, 15) is 0 Å². The number of aryl methyl sites for hydroxylation is 1. The predicted octanol–water partition coefficient (Wildman–Crippen LogP) is 2.63. The summed E-state index contributed by atoms with van der Waals surface area (Å²) in [5.41, 5.74) is 8.76. The number of hydrogen-bond donors (Lipinski definition) is 2. The number of anilines is 3. The van der Waals surface area contributed by atoms with E-state index >= 15 is 0 Å². The van der Waals surface area contributed by atoms with Gasteiger partial charge in [0, 0.05) is 44.0 Å². The highest BCUT2D eigenvalue weighted by Gasteiger charge is 2.25. The molecule has 1 aliphatic heterocycles. The predicted molar refractivity (Wildman–Crippen MR) is 135 cm³/mol. The zero-order valence-electron chi connectivity index (χ0n) is 20.5. The van der Waals surface area contributed by atoms with E-state index in [0.29, 0.717) is 12.4 Å². The number of piperazine rings is 1. The van der Waals surface area contributed by atoms with Crippen molar-refractivity contribution in [2.75, 3.05) is 41.7 Å². The molecule has 0 saturated carbocycles. The van der Waals surface area contributed by atoms with Crippen LogP contribution in [0.1, 0.15) is 38.0 Å². The van der Waals surface area contributed by atoms with Crippen LogP contribution in [0, 0.1) is 6.92 Å². The number of hydrogen-bond acceptors (Lipinski definition) is 10. The molecule has 11 heteroatoms. The van der Waals surface area contributed by atoms with Crippen molar-refractivity contribution in [2.45, 2.75) is 39.7 Å². The van der Waals surface area contributed by atoms with Gasteiger partial charge in [-0.3, -0.25) is 0 Å². The monoisotopic (exact) mass is 474 g/mol. The number of ether oxygens (including phenoxy) is 1. The van der Waals surface area contributed by atoms with Gasteiger partial charge in [0.2, 0.25) is 11.9 Å². The van der Waals surface area contributed by atoms with Crippen LogP contribution in [-0.4, -0.2) is 61.1 Å². The molecular formula is C24H30N10O. The number of H-pyrrole nitrogens is 1. The summed E-state index contributed by atoms with van der Waals surface area (Å²) in [7, 11) is 0. The standard InChI is InChI=1S/C24H30N10O/c1-15-18-19(31-21(28-15)24(2,3)4)32-23(30-18)34-12-10-33(11-13-34)20-17(6-5-8-26-20)35-14-16-7-9-27-22(25)29-16/h5-9H,10-14H2,1-4H3,(H2,25,27,29)(H,28,30,31,32). The number of aromatic amines is 1. The van der Waals surface area contributed by atoms with E-state index < -0.39 is 0 Å². The van der Waals surface area contributed by atoms with Crippen molar-refractivity contribution >= 4 is 28.9 Å². The molecule has 5 heterocycles. The van der Waals surface area contributed by atoms with Crippen LogP contribution in [0.5, 0.6) is 5.75 Å². The zero-order chi connectivity index (χ0) is 24.6. The molecule has 0 aromatic carbocycles. The SMILES string of the molecule is Cc1nc(C(C)(C)C)nc2[nH]c(N3CCN(c4ncccc4OCc4ccnc(N)n4)CC3)nc12. The Morgan fingerprint density at radius 3 is 2.49 bits per heavy atom. The average Bonchev–Trinajstić information content (AvgIpc) is 3.28. The number of aromatic nitrogens is 7. The van der Waals surface area contributed by atoms with Crippen LogP contribution < -0.4 is 20.3 Å². The molecule has 11 nitrogen and oxygen atoms in total. The molecule has 0 bridgehead atoms. The maximum Gasteiger partial charge on any atom is 0.220 e. The van der Waals surface area contributed by atoms with Gasteiger partial charge in [0.15, 0.2) is 17.2 Å². The summed E-state index contributed by atoms with van der Waals surface area (Å²) >= 11 is 0. The Kier molecular flexibility index (Phi) is 5.83. The zero-order valence-corrected chi connectivity index (χ0v) is 20.5. The minimum Gasteiger partial charge on any atom is -0.483 e. The highest BCUT2D eigenvalue weighted by Crippen LogP contribution is 2.28. The van der Waals surface area contributed by atoms with Crippen molar-refractivity contribution in [3.05, 3.63) is 47.8 Å². The van der Waals surface area contributed by atoms with Crippen molar-refractivity contribution < 1.29 is 4.74 Å². The maximum atomic E-state index is 6.04. The lowest BCUT2D eigenvalue weighted by Crippen LogP contribution is -2.47. The van der Waals surface area contributed by atoms with Crippen molar-refractivity contribution in [1.29, 1.82) is 0 Å². The lowest BCUT2D eigenvalue weighted by atomic mass is 9.95. The summed E-state index contributed by atoms with van der Waals surface area (Å²) in [6.07, 6.45) is 3.41. The summed E-state index contributed by atoms with van der Waals surface area (Å²) in [6.45, 7) is 11.8. The molecule has 1 saturated heterocycles. The molecule has 3 N–H and O–H groups in total. The fourth-order valence-corrected chi connectivity index (χ4v) is 4.02. The van der Waals surface area contributed by atoms with Gasteiger partial charge in [-0.25, -0.2) is 29.9 Å². The van der Waals surface area contributed by atoms with Gasteiger partial charge in [-0.1, -0.05) is 20.8 Å². The maximum absolute atomic E-state index is 6.04. The third-order valence-corrected chi connectivity index (χ3v) is 5.91. The summed E-state index contributed by atoms with van der Waals surface area (Å²) < 4.78 is 6.04. The van der Waals surface area contributed by atoms with Crippen molar-refractivity contribution in [2.24, 2.45) is 0 Å². The van der Waals surface area contributed by atoms with Gasteiger partial charge in [-0.2, -0.15) is 0 Å². The van der Waals surface area contributed by atoms with Gasteiger partial charge in [0.1, 0.15) is 17.9 Å². The second kappa shape index (κ2) is 8.97. The molecule has 35 heavy (non-hydrogen) atoms. The Hall–Kier alpha value is -4.02. The Labute approximate surface area is 203 Å². The minimum atomic E-state index is -0.127.